The maximum absolute atomic E-state index is 15.1. The molecule has 0 aliphatic carbocycles. The summed E-state index contributed by atoms with van der Waals surface area (Å²) < 4.78 is 77.4. The van der Waals surface area contributed by atoms with Gasteiger partial charge in [0, 0.05) is 18.8 Å². The molecule has 1 fully saturated rings. The maximum atomic E-state index is 15.1. The number of hydrazone groups is 1. The van der Waals surface area contributed by atoms with Crippen LogP contribution < -0.4 is 15.1 Å². The van der Waals surface area contributed by atoms with E-state index in [4.69, 9.17) is 9.47 Å². The quantitative estimate of drug-likeness (QED) is 0.343. The van der Waals surface area contributed by atoms with Crippen LogP contribution >= 0.6 is 0 Å². The molecule has 2 aromatic rings. The second-order valence-corrected chi connectivity index (χ2v) is 7.96. The van der Waals surface area contributed by atoms with Crippen molar-refractivity contribution in [2.24, 2.45) is 5.10 Å². The second kappa shape index (κ2) is 10.9. The molecule has 2 aromatic carbocycles. The fraction of sp³-hybridized carbons (Fsp3) is 0.348. The van der Waals surface area contributed by atoms with Gasteiger partial charge in [-0.25, -0.2) is 8.78 Å². The third-order valence-corrected chi connectivity index (χ3v) is 5.20. The largest absolute Gasteiger partial charge is 0.483 e. The summed E-state index contributed by atoms with van der Waals surface area (Å²) in [6.07, 6.45) is -4.21. The van der Waals surface area contributed by atoms with Crippen LogP contribution in [0.5, 0.6) is 5.75 Å². The number of benzene rings is 2. The zero-order chi connectivity index (χ0) is 26.6. The molecule has 1 heterocycles. The number of morpholine rings is 1. The van der Waals surface area contributed by atoms with E-state index in [-0.39, 0.29) is 37.0 Å². The molecule has 0 atom stereocenters. The van der Waals surface area contributed by atoms with Crippen LogP contribution in [-0.2, 0) is 9.53 Å². The number of rotatable bonds is 7. The highest BCUT2D eigenvalue weighted by Crippen LogP contribution is 2.32. The lowest BCUT2D eigenvalue weighted by atomic mass is 10.1. The standard InChI is InChI=1S/C23H23F5N4O4/c1-13-6-15(24)7-14(2)21(13)29-22(34)16-8-17(25)18(9-19(16)36-11-23(26,27)28)31(3)30-20-10-35-5-4-32(20)12-33/h6-9,12H,4-5,10-11H2,1-3H3,(H,29,34)/b30-20-. The highest BCUT2D eigenvalue weighted by Gasteiger charge is 2.30. The summed E-state index contributed by atoms with van der Waals surface area (Å²) in [6, 6.07) is 3.95. The fourth-order valence-electron chi connectivity index (χ4n) is 3.50. The van der Waals surface area contributed by atoms with E-state index >= 15 is 4.39 Å². The van der Waals surface area contributed by atoms with Crippen LogP contribution in [0.3, 0.4) is 0 Å². The SMILES string of the molecule is Cc1cc(F)cc(C)c1NC(=O)c1cc(F)c(N(C)/N=C2/COCCN2C=O)cc1OCC(F)(F)F. The molecule has 1 aliphatic heterocycles. The van der Waals surface area contributed by atoms with Crippen molar-refractivity contribution in [3.8, 4) is 5.75 Å². The van der Waals surface area contributed by atoms with Crippen molar-refractivity contribution in [3.05, 3.63) is 52.6 Å². The molecule has 0 aromatic heterocycles. The normalized spacial score (nSPS) is 15.1. The summed E-state index contributed by atoms with van der Waals surface area (Å²) in [5, 5.41) is 7.58. The molecule has 0 radical (unpaired) electrons. The van der Waals surface area contributed by atoms with Gasteiger partial charge in [0.1, 0.15) is 24.0 Å². The number of hydrogen-bond donors (Lipinski definition) is 1. The van der Waals surface area contributed by atoms with Crippen molar-refractivity contribution in [1.82, 2.24) is 4.90 Å². The Hall–Kier alpha value is -3.74. The monoisotopic (exact) mass is 514 g/mol. The summed E-state index contributed by atoms with van der Waals surface area (Å²) in [6.45, 7) is 1.78. The predicted octanol–water partition coefficient (Wildman–Crippen LogP) is 4.01. The van der Waals surface area contributed by atoms with Crippen LogP contribution in [0.25, 0.3) is 0 Å². The van der Waals surface area contributed by atoms with Crippen molar-refractivity contribution in [2.45, 2.75) is 20.0 Å². The molecule has 0 saturated carbocycles. The molecule has 8 nitrogen and oxygen atoms in total. The first-order chi connectivity index (χ1) is 16.9. The number of amidine groups is 1. The lowest BCUT2D eigenvalue weighted by molar-refractivity contribution is -0.153. The van der Waals surface area contributed by atoms with Crippen LogP contribution in [-0.4, -0.2) is 62.6 Å². The molecule has 13 heteroatoms. The van der Waals surface area contributed by atoms with Crippen LogP contribution in [0.1, 0.15) is 21.5 Å². The van der Waals surface area contributed by atoms with Gasteiger partial charge in [-0.05, 0) is 43.2 Å². The Labute approximate surface area is 203 Å². The average Bonchev–Trinajstić information content (AvgIpc) is 2.79. The molecule has 0 spiro atoms. The second-order valence-electron chi connectivity index (χ2n) is 7.96. The van der Waals surface area contributed by atoms with Crippen molar-refractivity contribution in [1.29, 1.82) is 0 Å². The van der Waals surface area contributed by atoms with E-state index < -0.39 is 41.6 Å². The van der Waals surface area contributed by atoms with E-state index in [0.29, 0.717) is 17.5 Å². The van der Waals surface area contributed by atoms with Crippen molar-refractivity contribution < 1.29 is 41.0 Å². The molecule has 1 saturated heterocycles. The number of nitrogens with zero attached hydrogens (tertiary/aromatic N) is 3. The first-order valence-corrected chi connectivity index (χ1v) is 10.6. The first kappa shape index (κ1) is 26.9. The van der Waals surface area contributed by atoms with Gasteiger partial charge in [0.25, 0.3) is 5.91 Å². The van der Waals surface area contributed by atoms with Crippen LogP contribution in [0.15, 0.2) is 29.4 Å². The van der Waals surface area contributed by atoms with Gasteiger partial charge in [-0.3, -0.25) is 19.5 Å². The van der Waals surface area contributed by atoms with Gasteiger partial charge in [0.2, 0.25) is 6.41 Å². The van der Waals surface area contributed by atoms with E-state index in [9.17, 15) is 27.2 Å². The minimum absolute atomic E-state index is 0.0427. The van der Waals surface area contributed by atoms with Gasteiger partial charge in [-0.1, -0.05) is 0 Å². The van der Waals surface area contributed by atoms with Gasteiger partial charge < -0.3 is 14.8 Å². The number of aryl methyl sites for hydroxylation is 2. The molecule has 3 rings (SSSR count). The summed E-state index contributed by atoms with van der Waals surface area (Å²) >= 11 is 0. The number of alkyl halides is 3. The average molecular weight is 514 g/mol. The van der Waals surface area contributed by atoms with Gasteiger partial charge in [0.05, 0.1) is 24.4 Å². The lowest BCUT2D eigenvalue weighted by Gasteiger charge is -2.26. The van der Waals surface area contributed by atoms with Gasteiger partial charge in [0.15, 0.2) is 12.4 Å². The predicted molar refractivity (Wildman–Crippen MR) is 121 cm³/mol. The molecule has 2 amide bonds. The molecule has 0 unspecified atom stereocenters. The Morgan fingerprint density at radius 2 is 1.89 bits per heavy atom. The molecular weight excluding hydrogens is 491 g/mol. The Bertz CT molecular complexity index is 1160. The minimum Gasteiger partial charge on any atom is -0.483 e. The maximum Gasteiger partial charge on any atom is 0.422 e. The van der Waals surface area contributed by atoms with Gasteiger partial charge in [-0.2, -0.15) is 18.3 Å². The molecule has 1 aliphatic rings. The fourth-order valence-corrected chi connectivity index (χ4v) is 3.50. The number of anilines is 2. The van der Waals surface area contributed by atoms with Gasteiger partial charge in [-0.15, -0.1) is 0 Å². The van der Waals surface area contributed by atoms with Crippen molar-refractivity contribution >= 4 is 29.5 Å². The van der Waals surface area contributed by atoms with Crippen LogP contribution in [0.2, 0.25) is 0 Å². The number of carbonyl (C=O) groups excluding carboxylic acids is 2. The van der Waals surface area contributed by atoms with E-state index in [0.717, 1.165) is 17.1 Å². The summed E-state index contributed by atoms with van der Waals surface area (Å²) in [4.78, 5) is 25.4. The highest BCUT2D eigenvalue weighted by atomic mass is 19.4. The van der Waals surface area contributed by atoms with E-state index in [1.54, 1.807) is 0 Å². The Morgan fingerprint density at radius 1 is 1.22 bits per heavy atom. The Balaban J connectivity index is 1.99. The highest BCUT2D eigenvalue weighted by molar-refractivity contribution is 6.07. The van der Waals surface area contributed by atoms with Gasteiger partial charge >= 0.3 is 6.18 Å². The third-order valence-electron chi connectivity index (χ3n) is 5.20. The van der Waals surface area contributed by atoms with E-state index in [1.807, 2.05) is 0 Å². The number of nitrogens with one attached hydrogen (secondary N) is 1. The number of carbonyl (C=O) groups is 2. The molecule has 194 valence electrons. The van der Waals surface area contributed by atoms with E-state index in [2.05, 4.69) is 10.4 Å². The molecule has 36 heavy (non-hydrogen) atoms. The Kier molecular flexibility index (Phi) is 8.13. The zero-order valence-corrected chi connectivity index (χ0v) is 19.6. The first-order valence-electron chi connectivity index (χ1n) is 10.6. The topological polar surface area (TPSA) is 83.5 Å². The third kappa shape index (κ3) is 6.47. The number of amides is 2. The smallest absolute Gasteiger partial charge is 0.422 e. The van der Waals surface area contributed by atoms with Crippen molar-refractivity contribution in [3.63, 3.8) is 0 Å². The molecule has 1 N–H and O–H groups in total. The molecule has 0 bridgehead atoms. The minimum atomic E-state index is -4.73. The number of hydrogen-bond acceptors (Lipinski definition) is 6. The van der Waals surface area contributed by atoms with Crippen molar-refractivity contribution in [2.75, 3.05) is 43.7 Å². The van der Waals surface area contributed by atoms with Crippen LogP contribution in [0, 0.1) is 25.5 Å². The van der Waals surface area contributed by atoms with Crippen LogP contribution in [0.4, 0.5) is 33.3 Å². The Morgan fingerprint density at radius 3 is 2.50 bits per heavy atom. The number of ether oxygens (including phenoxy) is 2. The summed E-state index contributed by atoms with van der Waals surface area (Å²) in [5.74, 6) is -2.89. The molecular formula is C23H23F5N4O4. The lowest BCUT2D eigenvalue weighted by Crippen LogP contribution is -2.42. The van der Waals surface area contributed by atoms with E-state index in [1.165, 1.54) is 37.9 Å². The zero-order valence-electron chi connectivity index (χ0n) is 19.6. The summed E-state index contributed by atoms with van der Waals surface area (Å²) in [7, 11) is 1.31. The number of halogens is 5. The summed E-state index contributed by atoms with van der Waals surface area (Å²) in [5.41, 5.74) is 0.116.